The summed E-state index contributed by atoms with van der Waals surface area (Å²) in [5.74, 6) is 0.0673. The van der Waals surface area contributed by atoms with Crippen LogP contribution < -0.4 is 5.73 Å². The van der Waals surface area contributed by atoms with Crippen LogP contribution in [0.25, 0.3) is 0 Å². The summed E-state index contributed by atoms with van der Waals surface area (Å²) in [5.41, 5.74) is 11.3. The molecule has 1 aliphatic rings. The lowest BCUT2D eigenvalue weighted by atomic mass is 9.89. The number of benzene rings is 1. The molecule has 0 aliphatic heterocycles. The molecular weight excluding hydrogens is 266 g/mol. The minimum Gasteiger partial charge on any atom is -0.390 e. The molecule has 3 rings (SSSR count). The van der Waals surface area contributed by atoms with Gasteiger partial charge in [-0.1, -0.05) is 12.1 Å². The maximum absolute atomic E-state index is 12.7. The van der Waals surface area contributed by atoms with Gasteiger partial charge in [0.1, 0.15) is 0 Å². The van der Waals surface area contributed by atoms with Crippen molar-refractivity contribution in [2.24, 2.45) is 0 Å². The molecule has 20 heavy (non-hydrogen) atoms. The molecule has 0 radical (unpaired) electrons. The summed E-state index contributed by atoms with van der Waals surface area (Å²) in [6.07, 6.45) is 4.72. The predicted molar refractivity (Wildman–Crippen MR) is 84.7 cm³/mol. The minimum atomic E-state index is 0.0673. The van der Waals surface area contributed by atoms with Gasteiger partial charge < -0.3 is 5.73 Å². The van der Waals surface area contributed by atoms with Crippen molar-refractivity contribution < 1.29 is 4.79 Å². The Bertz CT molecular complexity index is 685. The van der Waals surface area contributed by atoms with E-state index in [9.17, 15) is 4.79 Å². The van der Waals surface area contributed by atoms with Crippen molar-refractivity contribution in [3.05, 3.63) is 50.9 Å². The molecular formula is C17H19NOS. The smallest absolute Gasteiger partial charge is 0.196 e. The summed E-state index contributed by atoms with van der Waals surface area (Å²) in [5, 5.41) is 0.641. The van der Waals surface area contributed by atoms with E-state index in [0.717, 1.165) is 28.8 Å². The minimum absolute atomic E-state index is 0.0673. The number of hydrogen-bond donors (Lipinski definition) is 1. The van der Waals surface area contributed by atoms with Gasteiger partial charge in [-0.05, 0) is 62.3 Å². The van der Waals surface area contributed by atoms with E-state index < -0.39 is 0 Å². The third-order valence-corrected chi connectivity index (χ3v) is 5.29. The van der Waals surface area contributed by atoms with Gasteiger partial charge >= 0.3 is 0 Å². The normalized spacial score (nSPS) is 14.1. The van der Waals surface area contributed by atoms with Crippen LogP contribution in [0, 0.1) is 13.8 Å². The molecule has 1 aliphatic carbocycles. The van der Waals surface area contributed by atoms with Gasteiger partial charge in [0, 0.05) is 10.4 Å². The largest absolute Gasteiger partial charge is 0.390 e. The molecule has 1 aromatic carbocycles. The molecule has 1 heterocycles. The average Bonchev–Trinajstić information content (AvgIpc) is 2.71. The highest BCUT2D eigenvalue weighted by Crippen LogP contribution is 2.32. The quantitative estimate of drug-likeness (QED) is 0.846. The van der Waals surface area contributed by atoms with Crippen LogP contribution in [-0.4, -0.2) is 5.78 Å². The summed E-state index contributed by atoms with van der Waals surface area (Å²) in [6, 6.07) is 6.15. The first-order chi connectivity index (χ1) is 9.58. The Labute approximate surface area is 123 Å². The van der Waals surface area contributed by atoms with Crippen molar-refractivity contribution in [3.63, 3.8) is 0 Å². The number of nitrogens with two attached hydrogens (primary N) is 1. The fourth-order valence-electron chi connectivity index (χ4n) is 2.95. The molecule has 104 valence electrons. The first-order valence-electron chi connectivity index (χ1n) is 7.10. The molecule has 0 bridgehead atoms. The number of fused-ring (bicyclic) bond motifs is 1. The lowest BCUT2D eigenvalue weighted by molar-refractivity contribution is 0.103. The number of thiophene rings is 1. The Hall–Kier alpha value is -1.61. The number of rotatable bonds is 2. The van der Waals surface area contributed by atoms with E-state index in [4.69, 9.17) is 5.73 Å². The molecule has 2 nitrogen and oxygen atoms in total. The number of ketones is 1. The number of anilines is 1. The summed E-state index contributed by atoms with van der Waals surface area (Å²) in [6.45, 7) is 3.99. The molecule has 2 N–H and O–H groups in total. The molecule has 0 fully saturated rings. The van der Waals surface area contributed by atoms with Gasteiger partial charge in [-0.15, -0.1) is 11.3 Å². The van der Waals surface area contributed by atoms with E-state index >= 15 is 0 Å². The van der Waals surface area contributed by atoms with Crippen molar-refractivity contribution in [2.75, 3.05) is 5.73 Å². The van der Waals surface area contributed by atoms with E-state index in [1.54, 1.807) is 0 Å². The predicted octanol–water partition coefficient (Wildman–Crippen LogP) is 4.06. The van der Waals surface area contributed by atoms with Crippen LogP contribution >= 0.6 is 11.3 Å². The first-order valence-corrected chi connectivity index (χ1v) is 7.91. The Balaban J connectivity index is 2.02. The topological polar surface area (TPSA) is 43.1 Å². The number of nitrogen functional groups attached to an aromatic ring is 1. The molecule has 1 aromatic heterocycles. The molecule has 0 amide bonds. The van der Waals surface area contributed by atoms with Crippen molar-refractivity contribution in [3.8, 4) is 0 Å². The van der Waals surface area contributed by atoms with Gasteiger partial charge in [0.2, 0.25) is 0 Å². The lowest BCUT2D eigenvalue weighted by Crippen LogP contribution is -2.08. The van der Waals surface area contributed by atoms with Gasteiger partial charge in [0.05, 0.1) is 10.6 Å². The maximum Gasteiger partial charge on any atom is 0.196 e. The highest BCUT2D eigenvalue weighted by Gasteiger charge is 2.20. The lowest BCUT2D eigenvalue weighted by Gasteiger charge is -2.16. The Kier molecular flexibility index (Phi) is 3.38. The molecule has 0 saturated carbocycles. The van der Waals surface area contributed by atoms with Crippen molar-refractivity contribution in [1.29, 1.82) is 0 Å². The van der Waals surface area contributed by atoms with E-state index in [1.807, 2.05) is 19.9 Å². The average molecular weight is 285 g/mol. The maximum atomic E-state index is 12.7. The number of carbonyl (C=O) groups excluding carboxylic acids is 1. The highest BCUT2D eigenvalue weighted by atomic mass is 32.1. The summed E-state index contributed by atoms with van der Waals surface area (Å²) < 4.78 is 0. The van der Waals surface area contributed by atoms with Gasteiger partial charge in [-0.3, -0.25) is 4.79 Å². The number of carbonyl (C=O) groups is 1. The van der Waals surface area contributed by atoms with Gasteiger partial charge in [-0.2, -0.15) is 0 Å². The number of hydrogen-bond acceptors (Lipinski definition) is 3. The second-order valence-electron chi connectivity index (χ2n) is 5.54. The van der Waals surface area contributed by atoms with E-state index in [2.05, 4.69) is 12.1 Å². The van der Waals surface area contributed by atoms with Crippen LogP contribution in [0.4, 0.5) is 5.00 Å². The van der Waals surface area contributed by atoms with Crippen LogP contribution in [0.15, 0.2) is 18.2 Å². The van der Waals surface area contributed by atoms with Crippen LogP contribution in [-0.2, 0) is 12.8 Å². The van der Waals surface area contributed by atoms with E-state index in [0.29, 0.717) is 10.6 Å². The van der Waals surface area contributed by atoms with Crippen molar-refractivity contribution in [1.82, 2.24) is 0 Å². The molecule has 3 heteroatoms. The van der Waals surface area contributed by atoms with E-state index in [-0.39, 0.29) is 5.78 Å². The second-order valence-corrected chi connectivity index (χ2v) is 6.80. The van der Waals surface area contributed by atoms with Crippen LogP contribution in [0.5, 0.6) is 0 Å². The third-order valence-electron chi connectivity index (χ3n) is 4.25. The zero-order valence-corrected chi connectivity index (χ0v) is 12.8. The van der Waals surface area contributed by atoms with Crippen molar-refractivity contribution in [2.45, 2.75) is 39.5 Å². The van der Waals surface area contributed by atoms with Crippen LogP contribution in [0.1, 0.15) is 50.3 Å². The van der Waals surface area contributed by atoms with Crippen molar-refractivity contribution >= 4 is 22.1 Å². The summed E-state index contributed by atoms with van der Waals surface area (Å²) in [4.78, 5) is 13.8. The molecule has 0 spiro atoms. The molecule has 0 saturated heterocycles. The summed E-state index contributed by atoms with van der Waals surface area (Å²) >= 11 is 1.50. The zero-order valence-electron chi connectivity index (χ0n) is 12.0. The van der Waals surface area contributed by atoms with Crippen LogP contribution in [0.3, 0.4) is 0 Å². The number of aryl methyl sites for hydroxylation is 3. The fourth-order valence-corrected chi connectivity index (χ4v) is 3.89. The summed E-state index contributed by atoms with van der Waals surface area (Å²) in [7, 11) is 0. The Morgan fingerprint density at radius 3 is 2.50 bits per heavy atom. The standard InChI is InChI=1S/C17H19NOS/c1-10-11(2)20-17(18)15(10)16(19)14-8-7-12-5-3-4-6-13(12)9-14/h7-9H,3-6,18H2,1-2H3. The Morgan fingerprint density at radius 2 is 1.85 bits per heavy atom. The monoisotopic (exact) mass is 285 g/mol. The first kappa shape index (κ1) is 13.4. The third kappa shape index (κ3) is 2.16. The second kappa shape index (κ2) is 5.06. The molecule has 2 aromatic rings. The zero-order chi connectivity index (χ0) is 14.3. The van der Waals surface area contributed by atoms with Gasteiger partial charge in [-0.25, -0.2) is 0 Å². The van der Waals surface area contributed by atoms with E-state index in [1.165, 1.54) is 35.3 Å². The fraction of sp³-hybridized carbons (Fsp3) is 0.353. The highest BCUT2D eigenvalue weighted by molar-refractivity contribution is 7.16. The molecule has 0 atom stereocenters. The van der Waals surface area contributed by atoms with Crippen LogP contribution in [0.2, 0.25) is 0 Å². The SMILES string of the molecule is Cc1sc(N)c(C(=O)c2ccc3c(c2)CCCC3)c1C. The van der Waals surface area contributed by atoms with Gasteiger partial charge in [0.15, 0.2) is 5.78 Å². The molecule has 0 unspecified atom stereocenters. The Morgan fingerprint density at radius 1 is 1.15 bits per heavy atom. The van der Waals surface area contributed by atoms with Gasteiger partial charge in [0.25, 0.3) is 0 Å².